The molecular weight excluding hydrogens is 363 g/mol. The van der Waals surface area contributed by atoms with Gasteiger partial charge in [-0.15, -0.1) is 0 Å². The highest BCUT2D eigenvalue weighted by Crippen LogP contribution is 2.40. The number of rotatable bonds is 5. The van der Waals surface area contributed by atoms with Gasteiger partial charge in [0.2, 0.25) is 0 Å². The Bertz CT molecular complexity index is 855. The van der Waals surface area contributed by atoms with Gasteiger partial charge in [0.25, 0.3) is 0 Å². The normalized spacial score (nSPS) is 13.6. The average Bonchev–Trinajstić information content (AvgIpc) is 2.74. The van der Waals surface area contributed by atoms with E-state index in [1.54, 1.807) is 26.2 Å². The number of hydrogen-bond donors (Lipinski definition) is 1. The maximum atomic E-state index is 13.0. The molecule has 2 aromatic rings. The largest absolute Gasteiger partial charge is 0.496 e. The number of nitrogens with zero attached hydrogens (tertiary/aromatic N) is 1. The first-order chi connectivity index (χ1) is 13.5. The van der Waals surface area contributed by atoms with Crippen LogP contribution in [-0.4, -0.2) is 45.3 Å². The Balaban J connectivity index is 1.76. The maximum absolute atomic E-state index is 13.0. The second-order valence-electron chi connectivity index (χ2n) is 6.27. The number of hydrogen-bond acceptors (Lipinski definition) is 4. The van der Waals surface area contributed by atoms with Gasteiger partial charge in [0, 0.05) is 30.9 Å². The highest BCUT2D eigenvalue weighted by molar-refractivity contribution is 5.90. The van der Waals surface area contributed by atoms with E-state index in [9.17, 15) is 9.18 Å². The van der Waals surface area contributed by atoms with Crippen LogP contribution in [0.1, 0.15) is 12.0 Å². The number of methoxy groups -OCH3 is 3. The van der Waals surface area contributed by atoms with Crippen LogP contribution in [0, 0.1) is 5.82 Å². The molecule has 0 saturated heterocycles. The van der Waals surface area contributed by atoms with Gasteiger partial charge < -0.3 is 24.4 Å². The molecule has 7 heteroatoms. The molecule has 0 unspecified atom stereocenters. The Hall–Kier alpha value is -3.22. The first-order valence-electron chi connectivity index (χ1n) is 8.86. The third-order valence-corrected chi connectivity index (χ3v) is 4.63. The Morgan fingerprint density at radius 3 is 2.18 bits per heavy atom. The number of halogens is 1. The van der Waals surface area contributed by atoms with Crippen molar-refractivity contribution in [3.63, 3.8) is 0 Å². The van der Waals surface area contributed by atoms with E-state index in [2.05, 4.69) is 5.32 Å². The Labute approximate surface area is 163 Å². The molecule has 0 fully saturated rings. The number of ether oxygens (including phenoxy) is 3. The van der Waals surface area contributed by atoms with Gasteiger partial charge in [0.1, 0.15) is 23.1 Å². The van der Waals surface area contributed by atoms with Crippen LogP contribution in [0.3, 0.4) is 0 Å². The lowest BCUT2D eigenvalue weighted by Crippen LogP contribution is -2.37. The molecule has 1 N–H and O–H groups in total. The number of carbonyl (C=O) groups excluding carboxylic acids is 1. The third-order valence-electron chi connectivity index (χ3n) is 4.63. The highest BCUT2D eigenvalue weighted by Gasteiger charge is 2.23. The van der Waals surface area contributed by atoms with Gasteiger partial charge in [0.05, 0.1) is 26.9 Å². The summed E-state index contributed by atoms with van der Waals surface area (Å²) in [6.45, 7) is 0.984. The Kier molecular flexibility index (Phi) is 6.03. The minimum absolute atomic E-state index is 0.226. The summed E-state index contributed by atoms with van der Waals surface area (Å²) in [4.78, 5) is 14.1. The van der Waals surface area contributed by atoms with Crippen LogP contribution >= 0.6 is 0 Å². The molecule has 3 rings (SSSR count). The summed E-state index contributed by atoms with van der Waals surface area (Å²) < 4.78 is 29.3. The van der Waals surface area contributed by atoms with Crippen molar-refractivity contribution in [3.05, 3.63) is 53.9 Å². The van der Waals surface area contributed by atoms with E-state index in [1.807, 2.05) is 18.2 Å². The van der Waals surface area contributed by atoms with Gasteiger partial charge in [-0.2, -0.15) is 0 Å². The average molecular weight is 386 g/mol. The van der Waals surface area contributed by atoms with Gasteiger partial charge in [-0.1, -0.05) is 6.08 Å². The summed E-state index contributed by atoms with van der Waals surface area (Å²) in [6.07, 6.45) is 2.64. The molecule has 0 atom stereocenters. The molecule has 1 heterocycles. The Morgan fingerprint density at radius 1 is 1.04 bits per heavy atom. The smallest absolute Gasteiger partial charge is 0.322 e. The molecular formula is C21H23FN2O4. The van der Waals surface area contributed by atoms with E-state index in [-0.39, 0.29) is 11.8 Å². The molecule has 1 aliphatic rings. The quantitative estimate of drug-likeness (QED) is 0.838. The van der Waals surface area contributed by atoms with Gasteiger partial charge in [-0.3, -0.25) is 0 Å². The van der Waals surface area contributed by atoms with E-state index < -0.39 is 0 Å². The van der Waals surface area contributed by atoms with Gasteiger partial charge >= 0.3 is 6.03 Å². The number of benzene rings is 2. The predicted molar refractivity (Wildman–Crippen MR) is 106 cm³/mol. The summed E-state index contributed by atoms with van der Waals surface area (Å²) >= 11 is 0. The molecule has 0 bridgehead atoms. The SMILES string of the molecule is COc1cc(OC)c(C2=CCN(C(=O)Nc3ccc(F)cc3)CC2)c(OC)c1. The van der Waals surface area contributed by atoms with Crippen LogP contribution in [0.5, 0.6) is 17.2 Å². The van der Waals surface area contributed by atoms with E-state index >= 15 is 0 Å². The standard InChI is InChI=1S/C21H23FN2O4/c1-26-17-12-18(27-2)20(19(13-17)28-3)14-8-10-24(11-9-14)21(25)23-16-6-4-15(22)5-7-16/h4-8,12-13H,9-11H2,1-3H3,(H,23,25). The van der Waals surface area contributed by atoms with Gasteiger partial charge in [0.15, 0.2) is 0 Å². The van der Waals surface area contributed by atoms with Crippen molar-refractivity contribution < 1.29 is 23.4 Å². The molecule has 2 amide bonds. The number of nitrogens with one attached hydrogen (secondary N) is 1. The molecule has 1 aliphatic heterocycles. The number of anilines is 1. The Morgan fingerprint density at radius 2 is 1.68 bits per heavy atom. The molecule has 148 valence electrons. The molecule has 0 radical (unpaired) electrons. The second-order valence-corrected chi connectivity index (χ2v) is 6.27. The molecule has 0 saturated carbocycles. The third kappa shape index (κ3) is 4.19. The lowest BCUT2D eigenvalue weighted by molar-refractivity contribution is 0.217. The van der Waals surface area contributed by atoms with E-state index in [0.29, 0.717) is 42.4 Å². The molecule has 0 aromatic heterocycles. The van der Waals surface area contributed by atoms with Crippen LogP contribution in [0.2, 0.25) is 0 Å². The maximum Gasteiger partial charge on any atom is 0.322 e. The topological polar surface area (TPSA) is 60.0 Å². The first kappa shape index (κ1) is 19.5. The van der Waals surface area contributed by atoms with E-state index in [1.165, 1.54) is 24.3 Å². The van der Waals surface area contributed by atoms with Crippen LogP contribution in [0.15, 0.2) is 42.5 Å². The van der Waals surface area contributed by atoms with Crippen LogP contribution in [0.4, 0.5) is 14.9 Å². The fourth-order valence-corrected chi connectivity index (χ4v) is 3.14. The predicted octanol–water partition coefficient (Wildman–Crippen LogP) is 4.17. The zero-order valence-corrected chi connectivity index (χ0v) is 16.1. The first-order valence-corrected chi connectivity index (χ1v) is 8.86. The monoisotopic (exact) mass is 386 g/mol. The molecule has 0 aliphatic carbocycles. The van der Waals surface area contributed by atoms with E-state index in [0.717, 1.165) is 11.1 Å². The minimum Gasteiger partial charge on any atom is -0.496 e. The fourth-order valence-electron chi connectivity index (χ4n) is 3.14. The number of amides is 2. The lowest BCUT2D eigenvalue weighted by Gasteiger charge is -2.28. The summed E-state index contributed by atoms with van der Waals surface area (Å²) in [5, 5.41) is 2.78. The van der Waals surface area contributed by atoms with Crippen molar-refractivity contribution in [2.24, 2.45) is 0 Å². The van der Waals surface area contributed by atoms with Crippen LogP contribution < -0.4 is 19.5 Å². The molecule has 0 spiro atoms. The van der Waals surface area contributed by atoms with Crippen molar-refractivity contribution in [1.29, 1.82) is 0 Å². The van der Waals surface area contributed by atoms with Crippen LogP contribution in [0.25, 0.3) is 5.57 Å². The van der Waals surface area contributed by atoms with Crippen molar-refractivity contribution >= 4 is 17.3 Å². The molecule has 6 nitrogen and oxygen atoms in total. The molecule has 28 heavy (non-hydrogen) atoms. The van der Waals surface area contributed by atoms with Gasteiger partial charge in [-0.05, 0) is 36.3 Å². The zero-order chi connectivity index (χ0) is 20.1. The van der Waals surface area contributed by atoms with Crippen LogP contribution in [-0.2, 0) is 0 Å². The van der Waals surface area contributed by atoms with Crippen molar-refractivity contribution in [3.8, 4) is 17.2 Å². The summed E-state index contributed by atoms with van der Waals surface area (Å²) in [5.74, 6) is 1.62. The minimum atomic E-state index is -0.342. The highest BCUT2D eigenvalue weighted by atomic mass is 19.1. The number of carbonyl (C=O) groups is 1. The van der Waals surface area contributed by atoms with Crippen molar-refractivity contribution in [1.82, 2.24) is 4.90 Å². The van der Waals surface area contributed by atoms with Gasteiger partial charge in [-0.25, -0.2) is 9.18 Å². The van der Waals surface area contributed by atoms with Crippen molar-refractivity contribution in [2.45, 2.75) is 6.42 Å². The van der Waals surface area contributed by atoms with E-state index in [4.69, 9.17) is 14.2 Å². The number of urea groups is 1. The summed E-state index contributed by atoms with van der Waals surface area (Å²) in [5.41, 5.74) is 2.46. The lowest BCUT2D eigenvalue weighted by atomic mass is 9.97. The van der Waals surface area contributed by atoms with Crippen molar-refractivity contribution in [2.75, 3.05) is 39.7 Å². The fraction of sp³-hybridized carbons (Fsp3) is 0.286. The summed E-state index contributed by atoms with van der Waals surface area (Å²) in [7, 11) is 4.79. The second kappa shape index (κ2) is 8.65. The summed E-state index contributed by atoms with van der Waals surface area (Å²) in [6, 6.07) is 9.09. The zero-order valence-electron chi connectivity index (χ0n) is 16.1. The molecule has 2 aromatic carbocycles.